The summed E-state index contributed by atoms with van der Waals surface area (Å²) in [6, 6.07) is 4.47. The van der Waals surface area contributed by atoms with E-state index in [9.17, 15) is 22.4 Å². The van der Waals surface area contributed by atoms with E-state index < -0.39 is 23.5 Å². The minimum atomic E-state index is -4.87. The number of H-pyrrole nitrogens is 1. The highest BCUT2D eigenvalue weighted by atomic mass is 19.4. The lowest BCUT2D eigenvalue weighted by Crippen LogP contribution is -2.53. The standard InChI is InChI=1S/C31H36F4N8O3/c1-18-14-42(15-26(44)45)8-9-43(18)25-13-36-23(12-37-25)28-39-27-24(41(4)16-30(2,3)17-46-5)11-22(38-29(27)40-28)19-6-7-21(32)20(10-19)31(33,34)35/h6-7,10-13,18H,8-9,14-17H2,1-5H3,(H,44,45)(H,38,39,40)/t18-/m1/s1. The van der Waals surface area contributed by atoms with Crippen LogP contribution >= 0.6 is 0 Å². The zero-order chi connectivity index (χ0) is 33.4. The van der Waals surface area contributed by atoms with Crippen LogP contribution in [0.4, 0.5) is 29.1 Å². The van der Waals surface area contributed by atoms with Crippen molar-refractivity contribution in [1.82, 2.24) is 29.8 Å². The van der Waals surface area contributed by atoms with Gasteiger partial charge in [-0.25, -0.2) is 24.3 Å². The lowest BCUT2D eigenvalue weighted by Gasteiger charge is -2.39. The molecule has 246 valence electrons. The Kier molecular flexibility index (Phi) is 9.18. The molecule has 1 aliphatic heterocycles. The van der Waals surface area contributed by atoms with E-state index in [-0.39, 0.29) is 34.9 Å². The number of nitrogens with one attached hydrogen (secondary N) is 1. The first kappa shape index (κ1) is 33.0. The molecule has 1 atom stereocenters. The van der Waals surface area contributed by atoms with Gasteiger partial charge in [-0.05, 0) is 31.2 Å². The van der Waals surface area contributed by atoms with E-state index >= 15 is 0 Å². The zero-order valence-corrected chi connectivity index (χ0v) is 26.2. The summed E-state index contributed by atoms with van der Waals surface area (Å²) in [4.78, 5) is 38.6. The van der Waals surface area contributed by atoms with Crippen LogP contribution in [0.5, 0.6) is 0 Å². The maximum atomic E-state index is 14.1. The van der Waals surface area contributed by atoms with Crippen molar-refractivity contribution in [3.05, 3.63) is 48.0 Å². The lowest BCUT2D eigenvalue weighted by atomic mass is 9.94. The number of piperazine rings is 1. The van der Waals surface area contributed by atoms with Crippen LogP contribution in [0.25, 0.3) is 33.9 Å². The quantitative estimate of drug-likeness (QED) is 0.230. The molecule has 0 amide bonds. The van der Waals surface area contributed by atoms with Crippen molar-refractivity contribution in [2.24, 2.45) is 5.41 Å². The van der Waals surface area contributed by atoms with Gasteiger partial charge in [0, 0.05) is 57.4 Å². The molecule has 4 heterocycles. The predicted octanol–water partition coefficient (Wildman–Crippen LogP) is 4.94. The van der Waals surface area contributed by atoms with Crippen LogP contribution in [0, 0.1) is 11.2 Å². The first-order chi connectivity index (χ1) is 21.6. The zero-order valence-electron chi connectivity index (χ0n) is 26.2. The molecule has 0 spiro atoms. The fourth-order valence-electron chi connectivity index (χ4n) is 5.91. The highest BCUT2D eigenvalue weighted by molar-refractivity contribution is 5.91. The first-order valence-corrected chi connectivity index (χ1v) is 14.7. The number of aliphatic carboxylic acids is 1. The van der Waals surface area contributed by atoms with Crippen molar-refractivity contribution in [3.63, 3.8) is 0 Å². The third kappa shape index (κ3) is 7.20. The molecule has 0 unspecified atom stereocenters. The second kappa shape index (κ2) is 12.8. The molecule has 3 aromatic heterocycles. The number of anilines is 2. The molecule has 1 saturated heterocycles. The van der Waals surface area contributed by atoms with Crippen molar-refractivity contribution in [3.8, 4) is 22.8 Å². The van der Waals surface area contributed by atoms with Crippen molar-refractivity contribution in [2.45, 2.75) is 33.0 Å². The maximum absolute atomic E-state index is 14.1. The second-order valence-electron chi connectivity index (χ2n) is 12.4. The van der Waals surface area contributed by atoms with E-state index in [4.69, 9.17) is 9.84 Å². The third-order valence-corrected chi connectivity index (χ3v) is 7.87. The largest absolute Gasteiger partial charge is 0.480 e. The molecule has 11 nitrogen and oxygen atoms in total. The monoisotopic (exact) mass is 644 g/mol. The van der Waals surface area contributed by atoms with Crippen molar-refractivity contribution in [2.75, 3.05) is 63.3 Å². The van der Waals surface area contributed by atoms with Gasteiger partial charge in [0.25, 0.3) is 0 Å². The van der Waals surface area contributed by atoms with Crippen LogP contribution in [0.15, 0.2) is 36.7 Å². The number of hydrogen-bond donors (Lipinski definition) is 2. The Hall–Kier alpha value is -4.37. The highest BCUT2D eigenvalue weighted by Crippen LogP contribution is 2.37. The Morgan fingerprint density at radius 3 is 2.52 bits per heavy atom. The molecule has 1 aliphatic rings. The van der Waals surface area contributed by atoms with Crippen LogP contribution < -0.4 is 9.80 Å². The smallest absolute Gasteiger partial charge is 0.419 e. The van der Waals surface area contributed by atoms with Crippen LogP contribution in [0.1, 0.15) is 26.3 Å². The SMILES string of the molecule is COCC(C)(C)CN(C)c1cc(-c2ccc(F)c(C(F)(F)F)c2)nc2nc(-c3cnc(N4CCN(CC(=O)O)C[C@H]4C)cn3)[nH]c12. The van der Waals surface area contributed by atoms with Crippen molar-refractivity contribution >= 4 is 28.6 Å². The fourth-order valence-corrected chi connectivity index (χ4v) is 5.91. The van der Waals surface area contributed by atoms with E-state index in [1.807, 2.05) is 37.6 Å². The van der Waals surface area contributed by atoms with Gasteiger partial charge in [-0.3, -0.25) is 9.69 Å². The molecule has 46 heavy (non-hydrogen) atoms. The molecule has 1 aromatic carbocycles. The molecule has 0 aliphatic carbocycles. The molecule has 1 fully saturated rings. The second-order valence-corrected chi connectivity index (χ2v) is 12.4. The summed E-state index contributed by atoms with van der Waals surface area (Å²) in [7, 11) is 3.47. The third-order valence-electron chi connectivity index (χ3n) is 7.87. The number of halogens is 4. The van der Waals surface area contributed by atoms with Gasteiger partial charge in [0.1, 0.15) is 22.8 Å². The Balaban J connectivity index is 1.51. The van der Waals surface area contributed by atoms with E-state index in [1.165, 1.54) is 6.07 Å². The molecular formula is C31H36F4N8O3. The Morgan fingerprint density at radius 1 is 1.13 bits per heavy atom. The fraction of sp³-hybridized carbons (Fsp3) is 0.452. The number of carboxylic acids is 1. The van der Waals surface area contributed by atoms with Crippen molar-refractivity contribution < 1.29 is 32.2 Å². The molecule has 2 N–H and O–H groups in total. The maximum Gasteiger partial charge on any atom is 0.419 e. The number of alkyl halides is 3. The number of ether oxygens (including phenoxy) is 1. The molecule has 4 aromatic rings. The van der Waals surface area contributed by atoms with E-state index in [0.717, 1.165) is 12.1 Å². The summed E-state index contributed by atoms with van der Waals surface area (Å²) in [5.74, 6) is -1.23. The topological polar surface area (TPSA) is 124 Å². The van der Waals surface area contributed by atoms with Gasteiger partial charge in [-0.1, -0.05) is 13.8 Å². The average Bonchev–Trinajstić information content (AvgIpc) is 3.40. The number of nitrogens with zero attached hydrogens (tertiary/aromatic N) is 7. The summed E-state index contributed by atoms with van der Waals surface area (Å²) in [5, 5.41) is 9.11. The van der Waals surface area contributed by atoms with Crippen molar-refractivity contribution in [1.29, 1.82) is 0 Å². The number of rotatable bonds is 10. The van der Waals surface area contributed by atoms with Crippen LogP contribution in [0.2, 0.25) is 0 Å². The molecule has 5 rings (SSSR count). The van der Waals surface area contributed by atoms with Crippen LogP contribution in [-0.2, 0) is 15.7 Å². The van der Waals surface area contributed by atoms with Gasteiger partial charge in [0.05, 0.1) is 42.5 Å². The number of aromatic nitrogens is 5. The summed E-state index contributed by atoms with van der Waals surface area (Å²) in [6.07, 6.45) is -1.67. The Morgan fingerprint density at radius 2 is 1.89 bits per heavy atom. The number of methoxy groups -OCH3 is 1. The van der Waals surface area contributed by atoms with Gasteiger partial charge in [-0.15, -0.1) is 0 Å². The minimum absolute atomic E-state index is 0.0176. The molecule has 0 radical (unpaired) electrons. The molecule has 15 heteroatoms. The van der Waals surface area contributed by atoms with E-state index in [2.05, 4.69) is 29.8 Å². The number of hydrogen-bond acceptors (Lipinski definition) is 9. The molecule has 0 bridgehead atoms. The molecular weight excluding hydrogens is 608 g/mol. The Labute approximate surface area is 263 Å². The summed E-state index contributed by atoms with van der Waals surface area (Å²) >= 11 is 0. The highest BCUT2D eigenvalue weighted by Gasteiger charge is 2.34. The number of carbonyl (C=O) groups is 1. The van der Waals surface area contributed by atoms with Gasteiger partial charge in [-0.2, -0.15) is 13.2 Å². The minimum Gasteiger partial charge on any atom is -0.480 e. The van der Waals surface area contributed by atoms with Gasteiger partial charge < -0.3 is 24.6 Å². The normalized spacial score (nSPS) is 16.3. The number of aromatic amines is 1. The number of carboxylic acid groups (broad SMARTS) is 1. The predicted molar refractivity (Wildman–Crippen MR) is 165 cm³/mol. The lowest BCUT2D eigenvalue weighted by molar-refractivity contribution is -0.140. The number of imidazole rings is 1. The van der Waals surface area contributed by atoms with Crippen LogP contribution in [-0.4, -0.2) is 100 Å². The van der Waals surface area contributed by atoms with Gasteiger partial charge in [0.2, 0.25) is 0 Å². The van der Waals surface area contributed by atoms with Gasteiger partial charge in [0.15, 0.2) is 11.5 Å². The summed E-state index contributed by atoms with van der Waals surface area (Å²) < 4.78 is 60.1. The van der Waals surface area contributed by atoms with E-state index in [1.54, 1.807) is 25.6 Å². The summed E-state index contributed by atoms with van der Waals surface area (Å²) in [6.45, 7) is 8.78. The Bertz CT molecular complexity index is 1710. The van der Waals surface area contributed by atoms with Crippen LogP contribution in [0.3, 0.4) is 0 Å². The van der Waals surface area contributed by atoms with Gasteiger partial charge >= 0.3 is 12.1 Å². The summed E-state index contributed by atoms with van der Waals surface area (Å²) in [5.41, 5.74) is 0.464. The number of fused-ring (bicyclic) bond motifs is 1. The number of benzene rings is 1. The van der Waals surface area contributed by atoms with E-state index in [0.29, 0.717) is 61.3 Å². The number of pyridine rings is 1. The first-order valence-electron chi connectivity index (χ1n) is 14.7. The average molecular weight is 645 g/mol. The molecule has 0 saturated carbocycles.